The number of carbonyl (C=O) groups is 1. The molecule has 2 atom stereocenters. The molecule has 2 rings (SSSR count). The number of aliphatic hydroxyl groups excluding tert-OH is 1. The largest absolute Gasteiger partial charge is 0.388 e. The third kappa shape index (κ3) is 5.69. The lowest BCUT2D eigenvalue weighted by Crippen LogP contribution is -2.33. The van der Waals surface area contributed by atoms with Gasteiger partial charge in [0, 0.05) is 12.3 Å². The standard InChI is InChI=1S/C20H25NO2S/c1-15-8-6-7-9-17(15)12-13-21-20(23)16(2)24-14-19(22)18-10-4-3-5-11-18/h3-11,16,19,22H,12-14H2,1-2H3,(H,21,23). The summed E-state index contributed by atoms with van der Waals surface area (Å²) in [5, 5.41) is 13.0. The molecule has 4 heteroatoms. The molecule has 1 amide bonds. The van der Waals surface area contributed by atoms with Crippen LogP contribution in [0, 0.1) is 6.92 Å². The molecular weight excluding hydrogens is 318 g/mol. The topological polar surface area (TPSA) is 49.3 Å². The molecule has 0 fully saturated rings. The third-order valence-electron chi connectivity index (χ3n) is 4.01. The molecule has 0 spiro atoms. The average Bonchev–Trinajstić information content (AvgIpc) is 2.61. The minimum atomic E-state index is -0.543. The lowest BCUT2D eigenvalue weighted by atomic mass is 10.1. The molecule has 0 saturated carbocycles. The highest BCUT2D eigenvalue weighted by Gasteiger charge is 2.16. The van der Waals surface area contributed by atoms with Gasteiger partial charge in [-0.05, 0) is 37.0 Å². The summed E-state index contributed by atoms with van der Waals surface area (Å²) in [6, 6.07) is 17.8. The predicted molar refractivity (Wildman–Crippen MR) is 101 cm³/mol. The number of aliphatic hydroxyl groups is 1. The fraction of sp³-hybridized carbons (Fsp3) is 0.350. The zero-order valence-corrected chi connectivity index (χ0v) is 15.1. The summed E-state index contributed by atoms with van der Waals surface area (Å²) in [6.45, 7) is 4.60. The summed E-state index contributed by atoms with van der Waals surface area (Å²) < 4.78 is 0. The van der Waals surface area contributed by atoms with Crippen molar-refractivity contribution in [3.8, 4) is 0 Å². The maximum atomic E-state index is 12.2. The maximum Gasteiger partial charge on any atom is 0.232 e. The SMILES string of the molecule is Cc1ccccc1CCNC(=O)C(C)SCC(O)c1ccccc1. The first-order valence-corrected chi connectivity index (χ1v) is 9.29. The molecule has 3 nitrogen and oxygen atoms in total. The van der Waals surface area contributed by atoms with E-state index in [1.54, 1.807) is 0 Å². The lowest BCUT2D eigenvalue weighted by Gasteiger charge is -2.15. The van der Waals surface area contributed by atoms with Gasteiger partial charge in [0.25, 0.3) is 0 Å². The minimum Gasteiger partial charge on any atom is -0.388 e. The molecule has 0 aromatic heterocycles. The van der Waals surface area contributed by atoms with Crippen molar-refractivity contribution in [3.63, 3.8) is 0 Å². The van der Waals surface area contributed by atoms with E-state index in [1.807, 2.05) is 49.4 Å². The highest BCUT2D eigenvalue weighted by atomic mass is 32.2. The van der Waals surface area contributed by atoms with Gasteiger partial charge in [-0.1, -0.05) is 54.6 Å². The van der Waals surface area contributed by atoms with Crippen LogP contribution in [0.5, 0.6) is 0 Å². The molecule has 2 aromatic rings. The molecule has 2 unspecified atom stereocenters. The third-order valence-corrected chi connectivity index (χ3v) is 5.23. The van der Waals surface area contributed by atoms with Crippen LogP contribution >= 0.6 is 11.8 Å². The Morgan fingerprint density at radius 1 is 1.12 bits per heavy atom. The van der Waals surface area contributed by atoms with Crippen LogP contribution in [0.1, 0.15) is 29.7 Å². The van der Waals surface area contributed by atoms with E-state index in [0.29, 0.717) is 12.3 Å². The lowest BCUT2D eigenvalue weighted by molar-refractivity contribution is -0.120. The zero-order valence-electron chi connectivity index (χ0n) is 14.2. The van der Waals surface area contributed by atoms with Gasteiger partial charge in [0.2, 0.25) is 5.91 Å². The number of carbonyl (C=O) groups excluding carboxylic acids is 1. The summed E-state index contributed by atoms with van der Waals surface area (Å²) in [4.78, 5) is 12.2. The van der Waals surface area contributed by atoms with Crippen molar-refractivity contribution in [1.82, 2.24) is 5.32 Å². The minimum absolute atomic E-state index is 0.0221. The van der Waals surface area contributed by atoms with Crippen molar-refractivity contribution in [2.24, 2.45) is 0 Å². The number of rotatable bonds is 8. The van der Waals surface area contributed by atoms with Crippen LogP contribution in [0.3, 0.4) is 0 Å². The first-order valence-electron chi connectivity index (χ1n) is 8.24. The number of thioether (sulfide) groups is 1. The molecule has 0 radical (unpaired) electrons. The molecule has 0 aliphatic rings. The van der Waals surface area contributed by atoms with Crippen molar-refractivity contribution >= 4 is 17.7 Å². The quantitative estimate of drug-likeness (QED) is 0.771. The van der Waals surface area contributed by atoms with Crippen LogP contribution in [-0.2, 0) is 11.2 Å². The summed E-state index contributed by atoms with van der Waals surface area (Å²) in [5.74, 6) is 0.532. The van der Waals surface area contributed by atoms with E-state index in [4.69, 9.17) is 0 Å². The highest BCUT2D eigenvalue weighted by Crippen LogP contribution is 2.21. The Hall–Kier alpha value is -1.78. The van der Waals surface area contributed by atoms with Gasteiger partial charge < -0.3 is 10.4 Å². The average molecular weight is 343 g/mol. The maximum absolute atomic E-state index is 12.2. The van der Waals surface area contributed by atoms with Crippen LogP contribution < -0.4 is 5.32 Å². The van der Waals surface area contributed by atoms with Gasteiger partial charge in [-0.25, -0.2) is 0 Å². The molecule has 0 aliphatic heterocycles. The van der Waals surface area contributed by atoms with E-state index in [9.17, 15) is 9.90 Å². The molecule has 0 saturated heterocycles. The van der Waals surface area contributed by atoms with Crippen LogP contribution in [0.15, 0.2) is 54.6 Å². The second kappa shape index (κ2) is 9.50. The fourth-order valence-corrected chi connectivity index (χ4v) is 3.34. The molecule has 0 heterocycles. The molecule has 0 aliphatic carbocycles. The second-order valence-corrected chi connectivity index (χ2v) is 7.24. The summed E-state index contributed by atoms with van der Waals surface area (Å²) in [7, 11) is 0. The Balaban J connectivity index is 1.71. The van der Waals surface area contributed by atoms with Crippen molar-refractivity contribution in [1.29, 1.82) is 0 Å². The number of nitrogens with one attached hydrogen (secondary N) is 1. The number of amides is 1. The molecule has 24 heavy (non-hydrogen) atoms. The van der Waals surface area contributed by atoms with Crippen molar-refractivity contribution in [3.05, 3.63) is 71.3 Å². The van der Waals surface area contributed by atoms with E-state index < -0.39 is 6.10 Å². The molecule has 128 valence electrons. The van der Waals surface area contributed by atoms with Crippen LogP contribution in [0.25, 0.3) is 0 Å². The van der Waals surface area contributed by atoms with Crippen molar-refractivity contribution in [2.75, 3.05) is 12.3 Å². The summed E-state index contributed by atoms with van der Waals surface area (Å²) in [6.07, 6.45) is 0.293. The number of hydrogen-bond acceptors (Lipinski definition) is 3. The van der Waals surface area contributed by atoms with Gasteiger partial charge in [0.1, 0.15) is 0 Å². The number of aryl methyl sites for hydroxylation is 1. The Morgan fingerprint density at radius 3 is 2.50 bits per heavy atom. The number of benzene rings is 2. The van der Waals surface area contributed by atoms with Crippen molar-refractivity contribution in [2.45, 2.75) is 31.6 Å². The number of hydrogen-bond donors (Lipinski definition) is 2. The second-order valence-electron chi connectivity index (χ2n) is 5.87. The van der Waals surface area contributed by atoms with Crippen molar-refractivity contribution < 1.29 is 9.90 Å². The van der Waals surface area contributed by atoms with Crippen LogP contribution in [0.2, 0.25) is 0 Å². The van der Waals surface area contributed by atoms with Gasteiger partial charge >= 0.3 is 0 Å². The fourth-order valence-electron chi connectivity index (χ4n) is 2.44. The highest BCUT2D eigenvalue weighted by molar-refractivity contribution is 8.00. The smallest absolute Gasteiger partial charge is 0.232 e. The first-order chi connectivity index (χ1) is 11.6. The zero-order chi connectivity index (χ0) is 17.4. The normalized spacial score (nSPS) is 13.3. The Kier molecular flexibility index (Phi) is 7.35. The Bertz CT molecular complexity index is 645. The van der Waals surface area contributed by atoms with E-state index in [1.165, 1.54) is 22.9 Å². The van der Waals surface area contributed by atoms with Gasteiger partial charge in [-0.3, -0.25) is 4.79 Å². The molecule has 2 N–H and O–H groups in total. The van der Waals surface area contributed by atoms with Crippen LogP contribution in [-0.4, -0.2) is 28.6 Å². The van der Waals surface area contributed by atoms with Gasteiger partial charge in [-0.2, -0.15) is 0 Å². The summed E-state index contributed by atoms with van der Waals surface area (Å²) >= 11 is 1.47. The predicted octanol–water partition coefficient (Wildman–Crippen LogP) is 3.51. The summed E-state index contributed by atoms with van der Waals surface area (Å²) in [5.41, 5.74) is 3.40. The molecular formula is C20H25NO2S. The van der Waals surface area contributed by atoms with E-state index in [2.05, 4.69) is 24.4 Å². The Labute approximate surface area is 148 Å². The molecule has 0 bridgehead atoms. The Morgan fingerprint density at radius 2 is 1.79 bits per heavy atom. The van der Waals surface area contributed by atoms with Gasteiger partial charge in [-0.15, -0.1) is 11.8 Å². The molecule has 2 aromatic carbocycles. The van der Waals surface area contributed by atoms with Gasteiger partial charge in [0.05, 0.1) is 11.4 Å². The van der Waals surface area contributed by atoms with E-state index >= 15 is 0 Å². The van der Waals surface area contributed by atoms with E-state index in [-0.39, 0.29) is 11.2 Å². The first kappa shape index (κ1) is 18.6. The monoisotopic (exact) mass is 343 g/mol. The van der Waals surface area contributed by atoms with Gasteiger partial charge in [0.15, 0.2) is 0 Å². The van der Waals surface area contributed by atoms with E-state index in [0.717, 1.165) is 12.0 Å². The van der Waals surface area contributed by atoms with Crippen LogP contribution in [0.4, 0.5) is 0 Å².